The molecule has 30 heavy (non-hydrogen) atoms. The van der Waals surface area contributed by atoms with Crippen molar-refractivity contribution in [3.8, 4) is 0 Å². The topological polar surface area (TPSA) is 89.9 Å². The first-order valence-electron chi connectivity index (χ1n) is 10.7. The monoisotopic (exact) mass is 436 g/mol. The number of likely N-dealkylation sites (tertiary alicyclic amines) is 1. The molecule has 1 heterocycles. The molecule has 1 aromatic carbocycles. The van der Waals surface area contributed by atoms with E-state index in [0.717, 1.165) is 25.7 Å². The van der Waals surface area contributed by atoms with Gasteiger partial charge in [-0.05, 0) is 51.3 Å². The number of benzene rings is 1. The lowest BCUT2D eigenvalue weighted by Crippen LogP contribution is -2.63. The Labute approximate surface area is 183 Å². The van der Waals surface area contributed by atoms with Crippen LogP contribution >= 0.6 is 11.6 Å². The Balaban J connectivity index is 1.64. The van der Waals surface area contributed by atoms with Gasteiger partial charge in [0, 0.05) is 35.9 Å². The van der Waals surface area contributed by atoms with E-state index < -0.39 is 16.7 Å². The van der Waals surface area contributed by atoms with Crippen LogP contribution in [0.25, 0.3) is 0 Å². The lowest BCUT2D eigenvalue weighted by atomic mass is 9.73. The molecule has 0 bridgehead atoms. The quantitative estimate of drug-likeness (QED) is 0.661. The Morgan fingerprint density at radius 2 is 1.80 bits per heavy atom. The minimum Gasteiger partial charge on any atom is -0.385 e. The second-order valence-corrected chi connectivity index (χ2v) is 10.2. The van der Waals surface area contributed by atoms with Crippen molar-refractivity contribution in [1.82, 2.24) is 10.2 Å². The molecule has 0 radical (unpaired) electrons. The third-order valence-electron chi connectivity index (χ3n) is 6.59. The predicted octanol–water partition coefficient (Wildman–Crippen LogP) is 2.99. The molecule has 2 aliphatic rings. The van der Waals surface area contributed by atoms with Crippen LogP contribution in [0.5, 0.6) is 0 Å². The van der Waals surface area contributed by atoms with Crippen molar-refractivity contribution in [3.05, 3.63) is 34.9 Å². The van der Waals surface area contributed by atoms with Crippen LogP contribution in [0.15, 0.2) is 24.3 Å². The summed E-state index contributed by atoms with van der Waals surface area (Å²) in [7, 11) is 0. The van der Waals surface area contributed by atoms with Crippen molar-refractivity contribution in [2.45, 2.75) is 76.0 Å². The van der Waals surface area contributed by atoms with Crippen molar-refractivity contribution in [3.63, 3.8) is 0 Å². The number of carbonyl (C=O) groups is 2. The van der Waals surface area contributed by atoms with Crippen molar-refractivity contribution >= 4 is 23.4 Å². The number of aliphatic hydroxyl groups is 2. The van der Waals surface area contributed by atoms with Crippen LogP contribution in [0.3, 0.4) is 0 Å². The predicted molar refractivity (Wildman–Crippen MR) is 116 cm³/mol. The van der Waals surface area contributed by atoms with Gasteiger partial charge in [0.15, 0.2) is 0 Å². The number of carbonyl (C=O) groups excluding carboxylic acids is 2. The van der Waals surface area contributed by atoms with Crippen molar-refractivity contribution < 1.29 is 19.8 Å². The van der Waals surface area contributed by atoms with E-state index in [-0.39, 0.29) is 37.1 Å². The molecule has 3 N–H and O–H groups in total. The van der Waals surface area contributed by atoms with Gasteiger partial charge in [0.2, 0.25) is 11.8 Å². The molecule has 1 aliphatic heterocycles. The van der Waals surface area contributed by atoms with Gasteiger partial charge in [-0.3, -0.25) is 9.59 Å². The highest BCUT2D eigenvalue weighted by molar-refractivity contribution is 6.30. The number of hydrogen-bond donors (Lipinski definition) is 3. The van der Waals surface area contributed by atoms with Crippen LogP contribution in [-0.2, 0) is 15.2 Å². The Kier molecular flexibility index (Phi) is 6.51. The van der Waals surface area contributed by atoms with E-state index >= 15 is 0 Å². The second kappa shape index (κ2) is 8.48. The maximum absolute atomic E-state index is 13.0. The molecular weight excluding hydrogens is 404 g/mol. The molecule has 7 heteroatoms. The molecule has 166 valence electrons. The molecule has 0 aromatic heterocycles. The molecule has 0 unspecified atom stereocenters. The summed E-state index contributed by atoms with van der Waals surface area (Å²) >= 11 is 5.94. The fourth-order valence-corrected chi connectivity index (χ4v) is 4.82. The molecule has 1 aromatic rings. The normalized spacial score (nSPS) is 27.9. The van der Waals surface area contributed by atoms with E-state index in [4.69, 9.17) is 11.6 Å². The Morgan fingerprint density at radius 1 is 1.20 bits per heavy atom. The number of halogens is 1. The average Bonchev–Trinajstić information content (AvgIpc) is 3.18. The van der Waals surface area contributed by atoms with E-state index in [0.29, 0.717) is 17.1 Å². The maximum atomic E-state index is 13.0. The zero-order chi connectivity index (χ0) is 22.2. The summed E-state index contributed by atoms with van der Waals surface area (Å²) in [5.74, 6) is -0.0808. The lowest BCUT2D eigenvalue weighted by molar-refractivity contribution is -0.191. The summed E-state index contributed by atoms with van der Waals surface area (Å²) in [6.45, 7) is 5.58. The largest absolute Gasteiger partial charge is 0.385 e. The summed E-state index contributed by atoms with van der Waals surface area (Å²) in [5.41, 5.74) is -3.09. The first-order chi connectivity index (χ1) is 13.9. The van der Waals surface area contributed by atoms with Gasteiger partial charge in [-0.15, -0.1) is 0 Å². The van der Waals surface area contributed by atoms with Gasteiger partial charge in [0.05, 0.1) is 6.54 Å². The third-order valence-corrected chi connectivity index (χ3v) is 6.84. The van der Waals surface area contributed by atoms with E-state index in [1.165, 1.54) is 0 Å². The first kappa shape index (κ1) is 23.0. The summed E-state index contributed by atoms with van der Waals surface area (Å²) in [5, 5.41) is 25.9. The second-order valence-electron chi connectivity index (χ2n) is 9.74. The first-order valence-corrected chi connectivity index (χ1v) is 11.1. The van der Waals surface area contributed by atoms with Crippen molar-refractivity contribution in [2.24, 2.45) is 5.92 Å². The number of amides is 2. The standard InChI is InChI=1S/C23H33ClN2O4/c1-21(2,25-20(28)16-6-4-5-7-16)14-19(27)26-13-12-23(30,22(3,29)15-26)17-8-10-18(24)11-9-17/h8-11,16,29-30H,4-7,12-15H2,1-3H3,(H,25,28)/t22-,23+/m0/s1. The number of rotatable bonds is 5. The Bertz CT molecular complexity index is 787. The lowest BCUT2D eigenvalue weighted by Gasteiger charge is -2.49. The van der Waals surface area contributed by atoms with Crippen LogP contribution in [0.4, 0.5) is 0 Å². The van der Waals surface area contributed by atoms with Gasteiger partial charge < -0.3 is 20.4 Å². The van der Waals surface area contributed by atoms with Crippen LogP contribution in [0.2, 0.25) is 5.02 Å². The molecule has 2 fully saturated rings. The SMILES string of the molecule is CC(C)(CC(=O)N1CC[C@@](O)(c2ccc(Cl)cc2)[C@@](C)(O)C1)NC(=O)C1CCCC1. The summed E-state index contributed by atoms with van der Waals surface area (Å²) < 4.78 is 0. The van der Waals surface area contributed by atoms with Gasteiger partial charge >= 0.3 is 0 Å². The van der Waals surface area contributed by atoms with Gasteiger partial charge in [-0.1, -0.05) is 36.6 Å². The van der Waals surface area contributed by atoms with Gasteiger partial charge in [0.1, 0.15) is 11.2 Å². The highest BCUT2D eigenvalue weighted by Crippen LogP contribution is 2.41. The fraction of sp³-hybridized carbons (Fsp3) is 0.652. The molecule has 0 spiro atoms. The maximum Gasteiger partial charge on any atom is 0.225 e. The Hall–Kier alpha value is -1.63. The highest BCUT2D eigenvalue weighted by Gasteiger charge is 2.52. The Morgan fingerprint density at radius 3 is 2.37 bits per heavy atom. The van der Waals surface area contributed by atoms with E-state index in [9.17, 15) is 19.8 Å². The highest BCUT2D eigenvalue weighted by atomic mass is 35.5. The molecule has 3 rings (SSSR count). The van der Waals surface area contributed by atoms with Gasteiger partial charge in [-0.2, -0.15) is 0 Å². The minimum atomic E-state index is -1.52. The molecule has 1 saturated carbocycles. The molecule has 6 nitrogen and oxygen atoms in total. The number of nitrogens with zero attached hydrogens (tertiary/aromatic N) is 1. The van der Waals surface area contributed by atoms with Crippen molar-refractivity contribution in [1.29, 1.82) is 0 Å². The molecule has 1 aliphatic carbocycles. The minimum absolute atomic E-state index is 0.0115. The summed E-state index contributed by atoms with van der Waals surface area (Å²) in [4.78, 5) is 27.0. The molecule has 2 amide bonds. The number of nitrogens with one attached hydrogen (secondary N) is 1. The zero-order valence-corrected chi connectivity index (χ0v) is 18.8. The number of β-amino-alcohol motifs (C(OH)–C–C–N with tert-alkyl or cyclic N) is 1. The fourth-order valence-electron chi connectivity index (χ4n) is 4.70. The molecular formula is C23H33ClN2O4. The molecule has 2 atom stereocenters. The number of hydrogen-bond acceptors (Lipinski definition) is 4. The van der Waals surface area contributed by atoms with Crippen LogP contribution in [0.1, 0.15) is 64.9 Å². The van der Waals surface area contributed by atoms with Crippen molar-refractivity contribution in [2.75, 3.05) is 13.1 Å². The number of piperidine rings is 1. The average molecular weight is 437 g/mol. The summed E-state index contributed by atoms with van der Waals surface area (Å²) in [6, 6.07) is 6.77. The summed E-state index contributed by atoms with van der Waals surface area (Å²) in [6.07, 6.45) is 4.33. The smallest absolute Gasteiger partial charge is 0.225 e. The van der Waals surface area contributed by atoms with Crippen LogP contribution < -0.4 is 5.32 Å². The third kappa shape index (κ3) is 4.82. The van der Waals surface area contributed by atoms with E-state index in [1.807, 2.05) is 13.8 Å². The van der Waals surface area contributed by atoms with Gasteiger partial charge in [0.25, 0.3) is 0 Å². The van der Waals surface area contributed by atoms with Crippen LogP contribution in [0, 0.1) is 5.92 Å². The molecule has 1 saturated heterocycles. The van der Waals surface area contributed by atoms with Gasteiger partial charge in [-0.25, -0.2) is 0 Å². The van der Waals surface area contributed by atoms with E-state index in [1.54, 1.807) is 36.1 Å². The zero-order valence-electron chi connectivity index (χ0n) is 18.1. The van der Waals surface area contributed by atoms with Crippen LogP contribution in [-0.4, -0.2) is 51.2 Å². The van der Waals surface area contributed by atoms with E-state index in [2.05, 4.69) is 5.32 Å².